The Morgan fingerprint density at radius 3 is 2.63 bits per heavy atom. The summed E-state index contributed by atoms with van der Waals surface area (Å²) in [4.78, 5) is 28.6. The number of hydrogen-bond acceptors (Lipinski definition) is 5. The number of carbonyl (C=O) groups excluding carboxylic acids is 2. The van der Waals surface area contributed by atoms with Crippen LogP contribution in [0.1, 0.15) is 36.6 Å². The van der Waals surface area contributed by atoms with Gasteiger partial charge in [-0.1, -0.05) is 18.5 Å². The molecule has 5 rings (SSSR count). The van der Waals surface area contributed by atoms with E-state index in [0.717, 1.165) is 18.4 Å². The predicted octanol–water partition coefficient (Wildman–Crippen LogP) is 2.67. The third-order valence-electron chi connectivity index (χ3n) is 6.33. The van der Waals surface area contributed by atoms with Gasteiger partial charge in [-0.3, -0.25) is 14.5 Å². The number of halogens is 1. The van der Waals surface area contributed by atoms with Crippen molar-refractivity contribution < 1.29 is 24.0 Å². The lowest BCUT2D eigenvalue weighted by Gasteiger charge is -2.18. The Bertz CT molecular complexity index is 1340. The Kier molecular flexibility index (Phi) is 6.17. The Morgan fingerprint density at radius 1 is 1.20 bits per heavy atom. The third kappa shape index (κ3) is 4.13. The topological polar surface area (TPSA) is 91.4 Å². The van der Waals surface area contributed by atoms with E-state index in [4.69, 9.17) is 16.3 Å². The lowest BCUT2D eigenvalue weighted by atomic mass is 10.0. The Morgan fingerprint density at radius 2 is 1.97 bits per heavy atom. The van der Waals surface area contributed by atoms with Crippen LogP contribution in [0, 0.1) is 6.92 Å². The van der Waals surface area contributed by atoms with Crippen LogP contribution < -0.4 is 9.67 Å². The average molecular weight is 493 g/mol. The van der Waals surface area contributed by atoms with Crippen LogP contribution in [0.15, 0.2) is 48.8 Å². The number of nitrogens with zero attached hydrogens (tertiary/aromatic N) is 4. The molecule has 1 fully saturated rings. The molecular formula is C26H25ClN4O4. The van der Waals surface area contributed by atoms with Crippen molar-refractivity contribution in [2.45, 2.75) is 39.2 Å². The van der Waals surface area contributed by atoms with Gasteiger partial charge >= 0.3 is 5.91 Å². The van der Waals surface area contributed by atoms with Crippen LogP contribution in [-0.2, 0) is 20.7 Å². The number of pyridine rings is 1. The van der Waals surface area contributed by atoms with Gasteiger partial charge in [-0.25, -0.2) is 4.68 Å². The van der Waals surface area contributed by atoms with Gasteiger partial charge in [0, 0.05) is 28.8 Å². The van der Waals surface area contributed by atoms with Gasteiger partial charge in [-0.05, 0) is 62.4 Å². The monoisotopic (exact) mass is 492 g/mol. The van der Waals surface area contributed by atoms with E-state index in [2.05, 4.69) is 5.10 Å². The summed E-state index contributed by atoms with van der Waals surface area (Å²) in [6.07, 6.45) is 5.35. The minimum Gasteiger partial charge on any atom is -0.858 e. The Labute approximate surface area is 208 Å². The zero-order chi connectivity index (χ0) is 24.7. The summed E-state index contributed by atoms with van der Waals surface area (Å²) in [6.45, 7) is 4.53. The fourth-order valence-electron chi connectivity index (χ4n) is 4.62. The number of aryl methyl sites for hydroxylation is 2. The summed E-state index contributed by atoms with van der Waals surface area (Å²) >= 11 is 6.01. The molecule has 2 aromatic heterocycles. The molecule has 1 saturated heterocycles. The van der Waals surface area contributed by atoms with Gasteiger partial charge < -0.3 is 9.84 Å². The standard InChI is InChI=1S/C26H25ClN4O4/c1-3-20-21(25(33)31(28-20)18-10-8-17(27)9-11-18)22-23(29-12-4-6-16(2)14-29)26(34)30(24(22)32)15-19-7-5-13-35-19/h4,6,8-12,14,19H,3,5,7,13,15H2,1-2H3. The number of benzene rings is 1. The molecule has 2 amide bonds. The highest BCUT2D eigenvalue weighted by Gasteiger charge is 2.47. The number of rotatable bonds is 6. The number of amides is 2. The van der Waals surface area contributed by atoms with Crippen LogP contribution in [0.4, 0.5) is 0 Å². The molecule has 1 aromatic carbocycles. The molecule has 0 bridgehead atoms. The van der Waals surface area contributed by atoms with E-state index in [1.54, 1.807) is 47.3 Å². The highest BCUT2D eigenvalue weighted by atomic mass is 35.5. The quantitative estimate of drug-likeness (QED) is 0.390. The second-order valence-corrected chi connectivity index (χ2v) is 9.17. The normalized spacial score (nSPS) is 18.3. The van der Waals surface area contributed by atoms with Crippen molar-refractivity contribution in [1.82, 2.24) is 14.7 Å². The van der Waals surface area contributed by atoms with E-state index >= 15 is 0 Å². The number of imide groups is 1. The first kappa shape index (κ1) is 23.3. The second-order valence-electron chi connectivity index (χ2n) is 8.74. The molecule has 0 spiro atoms. The number of ether oxygens (including phenoxy) is 1. The smallest absolute Gasteiger partial charge is 0.327 e. The molecule has 2 aliphatic heterocycles. The van der Waals surface area contributed by atoms with Crippen molar-refractivity contribution in [3.8, 4) is 11.6 Å². The van der Waals surface area contributed by atoms with Gasteiger partial charge in [0.1, 0.15) is 5.57 Å². The van der Waals surface area contributed by atoms with Crippen molar-refractivity contribution in [3.05, 3.63) is 70.6 Å². The average Bonchev–Trinajstić information content (AvgIpc) is 3.53. The summed E-state index contributed by atoms with van der Waals surface area (Å²) in [6, 6.07) is 10.4. The lowest BCUT2D eigenvalue weighted by molar-refractivity contribution is -0.577. The van der Waals surface area contributed by atoms with Gasteiger partial charge in [0.25, 0.3) is 11.6 Å². The molecule has 8 nitrogen and oxygen atoms in total. The van der Waals surface area contributed by atoms with Crippen molar-refractivity contribution in [1.29, 1.82) is 0 Å². The molecule has 9 heteroatoms. The largest absolute Gasteiger partial charge is 0.858 e. The van der Waals surface area contributed by atoms with Crippen molar-refractivity contribution in [2.24, 2.45) is 0 Å². The van der Waals surface area contributed by atoms with E-state index in [1.807, 2.05) is 19.9 Å². The van der Waals surface area contributed by atoms with Crippen molar-refractivity contribution >= 4 is 34.7 Å². The zero-order valence-electron chi connectivity index (χ0n) is 19.5. The summed E-state index contributed by atoms with van der Waals surface area (Å²) < 4.78 is 8.58. The van der Waals surface area contributed by atoms with Gasteiger partial charge in [0.05, 0.1) is 24.0 Å². The maximum Gasteiger partial charge on any atom is 0.327 e. The first-order valence-corrected chi connectivity index (χ1v) is 12.0. The zero-order valence-corrected chi connectivity index (χ0v) is 20.3. The number of carbonyl (C=O) groups is 2. The summed E-state index contributed by atoms with van der Waals surface area (Å²) in [5.74, 6) is -1.40. The van der Waals surface area contributed by atoms with Crippen LogP contribution in [0.5, 0.6) is 5.88 Å². The minimum absolute atomic E-state index is 0.0747. The van der Waals surface area contributed by atoms with E-state index in [0.29, 0.717) is 29.4 Å². The summed E-state index contributed by atoms with van der Waals surface area (Å²) in [7, 11) is 0. The summed E-state index contributed by atoms with van der Waals surface area (Å²) in [5.41, 5.74) is 2.26. The molecule has 0 N–H and O–H groups in total. The van der Waals surface area contributed by atoms with E-state index < -0.39 is 17.7 Å². The van der Waals surface area contributed by atoms with Gasteiger partial charge in [-0.15, -0.1) is 0 Å². The van der Waals surface area contributed by atoms with E-state index in [-0.39, 0.29) is 29.5 Å². The fraction of sp³-hybridized carbons (Fsp3) is 0.308. The minimum atomic E-state index is -0.503. The van der Waals surface area contributed by atoms with Crippen LogP contribution >= 0.6 is 11.6 Å². The molecular weight excluding hydrogens is 468 g/mol. The molecule has 3 aromatic rings. The molecule has 35 heavy (non-hydrogen) atoms. The fourth-order valence-corrected chi connectivity index (χ4v) is 4.75. The molecule has 0 radical (unpaired) electrons. The van der Waals surface area contributed by atoms with Crippen molar-refractivity contribution in [3.63, 3.8) is 0 Å². The molecule has 0 aliphatic carbocycles. The van der Waals surface area contributed by atoms with Gasteiger partial charge in [0.15, 0.2) is 12.4 Å². The van der Waals surface area contributed by atoms with Gasteiger partial charge in [-0.2, -0.15) is 9.67 Å². The number of hydrogen-bond donors (Lipinski definition) is 0. The Balaban J connectivity index is 1.69. The summed E-state index contributed by atoms with van der Waals surface area (Å²) in [5, 5.41) is 18.7. The lowest BCUT2D eigenvalue weighted by Crippen LogP contribution is -2.42. The van der Waals surface area contributed by atoms with Crippen molar-refractivity contribution in [2.75, 3.05) is 13.2 Å². The SMILES string of the molecule is CCc1nn(-c2ccc(Cl)cc2)c([O-])c1C1=C([n+]2cccc(C)c2)C(=O)N(CC2CCCO2)C1=O. The molecule has 1 unspecified atom stereocenters. The Hall–Kier alpha value is -3.49. The van der Waals surface area contributed by atoms with Crippen LogP contribution in [-0.4, -0.2) is 45.8 Å². The maximum absolute atomic E-state index is 13.8. The van der Waals surface area contributed by atoms with Crippen LogP contribution in [0.2, 0.25) is 5.02 Å². The first-order valence-electron chi connectivity index (χ1n) is 11.6. The molecule has 180 valence electrons. The molecule has 1 atom stereocenters. The number of aromatic nitrogens is 3. The third-order valence-corrected chi connectivity index (χ3v) is 6.58. The molecule has 4 heterocycles. The molecule has 2 aliphatic rings. The first-order chi connectivity index (χ1) is 16.9. The van der Waals surface area contributed by atoms with Crippen LogP contribution in [0.25, 0.3) is 17.0 Å². The highest BCUT2D eigenvalue weighted by Crippen LogP contribution is 2.37. The molecule has 0 saturated carbocycles. The highest BCUT2D eigenvalue weighted by molar-refractivity contribution is 6.45. The van der Waals surface area contributed by atoms with E-state index in [1.165, 1.54) is 9.58 Å². The van der Waals surface area contributed by atoms with Crippen LogP contribution in [0.3, 0.4) is 0 Å². The maximum atomic E-state index is 13.8. The van der Waals surface area contributed by atoms with E-state index in [9.17, 15) is 14.7 Å². The second kappa shape index (κ2) is 9.28. The van der Waals surface area contributed by atoms with Gasteiger partial charge in [0.2, 0.25) is 0 Å². The predicted molar refractivity (Wildman–Crippen MR) is 128 cm³/mol.